The molecule has 0 radical (unpaired) electrons. The Labute approximate surface area is 210 Å². The molecular weight excluding hydrogens is 486 g/mol. The summed E-state index contributed by atoms with van der Waals surface area (Å²) in [4.78, 5) is 32.2. The van der Waals surface area contributed by atoms with Gasteiger partial charge in [-0.1, -0.05) is 6.92 Å². The zero-order chi connectivity index (χ0) is 26.2. The molecule has 1 aromatic carbocycles. The lowest BCUT2D eigenvalue weighted by Crippen LogP contribution is -2.43. The molecule has 0 amide bonds. The number of halogens is 2. The lowest BCUT2D eigenvalue weighted by molar-refractivity contribution is -0.222. The maximum Gasteiger partial charge on any atom is 0.369 e. The number of hydrogen-bond donors (Lipinski definition) is 0. The Morgan fingerprint density at radius 3 is 2.70 bits per heavy atom. The number of methoxy groups -OCH3 is 1. The zero-order valence-electron chi connectivity index (χ0n) is 20.4. The molecule has 5 rings (SSSR count). The summed E-state index contributed by atoms with van der Waals surface area (Å²) < 4.78 is 35.9. The average molecular weight is 511 g/mol. The molecule has 0 saturated heterocycles. The number of ether oxygens (including phenoxy) is 1. The monoisotopic (exact) mass is 510 g/mol. The normalized spacial score (nSPS) is 16.8. The van der Waals surface area contributed by atoms with Crippen molar-refractivity contribution in [3.63, 3.8) is 0 Å². The Hall–Kier alpha value is -4.35. The van der Waals surface area contributed by atoms with Crippen molar-refractivity contribution in [1.29, 1.82) is 0 Å². The van der Waals surface area contributed by atoms with Crippen molar-refractivity contribution in [3.8, 4) is 28.8 Å². The van der Waals surface area contributed by atoms with Gasteiger partial charge in [0.1, 0.15) is 16.8 Å². The minimum atomic E-state index is -1.14. The van der Waals surface area contributed by atoms with Gasteiger partial charge in [-0.05, 0) is 50.5 Å². The molecule has 192 valence electrons. The predicted molar refractivity (Wildman–Crippen MR) is 126 cm³/mol. The Morgan fingerprint density at radius 2 is 2.00 bits per heavy atom. The number of nitrogens with zero attached hydrogens (tertiary/aromatic N) is 6. The molecule has 0 saturated carbocycles. The van der Waals surface area contributed by atoms with E-state index in [1.807, 2.05) is 35.2 Å². The fourth-order valence-corrected chi connectivity index (χ4v) is 4.53. The van der Waals surface area contributed by atoms with Gasteiger partial charge < -0.3 is 13.9 Å². The van der Waals surface area contributed by atoms with E-state index in [0.29, 0.717) is 54.7 Å². The van der Waals surface area contributed by atoms with Crippen molar-refractivity contribution in [2.45, 2.75) is 45.1 Å². The maximum absolute atomic E-state index is 13.5. The highest BCUT2D eigenvalue weighted by Gasteiger charge is 2.48. The predicted octanol–water partition coefficient (Wildman–Crippen LogP) is 4.10. The van der Waals surface area contributed by atoms with Gasteiger partial charge in [0.05, 0.1) is 19.1 Å². The van der Waals surface area contributed by atoms with Gasteiger partial charge in [0.15, 0.2) is 29.0 Å². The molecule has 1 atom stereocenters. The number of pyridine rings is 1. The summed E-state index contributed by atoms with van der Waals surface area (Å²) in [6.45, 7) is 4.30. The van der Waals surface area contributed by atoms with Gasteiger partial charge in [-0.3, -0.25) is 4.89 Å². The van der Waals surface area contributed by atoms with Crippen molar-refractivity contribution in [3.05, 3.63) is 66.0 Å². The van der Waals surface area contributed by atoms with Gasteiger partial charge in [0.25, 0.3) is 0 Å². The van der Waals surface area contributed by atoms with E-state index in [4.69, 9.17) is 14.5 Å². The third kappa shape index (κ3) is 4.28. The topological polar surface area (TPSA) is 106 Å². The molecule has 1 aliphatic rings. The third-order valence-corrected chi connectivity index (χ3v) is 6.52. The molecule has 37 heavy (non-hydrogen) atoms. The van der Waals surface area contributed by atoms with Crippen molar-refractivity contribution < 1.29 is 28.1 Å². The summed E-state index contributed by atoms with van der Waals surface area (Å²) in [6, 6.07) is 6.51. The first-order valence-corrected chi connectivity index (χ1v) is 11.7. The van der Waals surface area contributed by atoms with E-state index < -0.39 is 23.0 Å². The van der Waals surface area contributed by atoms with Crippen molar-refractivity contribution in [2.75, 3.05) is 7.11 Å². The molecule has 0 fully saturated rings. The summed E-state index contributed by atoms with van der Waals surface area (Å²) in [5, 5.41) is 8.70. The molecule has 0 N–H and O–H groups in total. The number of imidazole rings is 1. The van der Waals surface area contributed by atoms with Crippen LogP contribution in [-0.4, -0.2) is 42.4 Å². The van der Waals surface area contributed by atoms with Crippen LogP contribution in [0.4, 0.5) is 8.78 Å². The minimum absolute atomic E-state index is 0.138. The third-order valence-electron chi connectivity index (χ3n) is 6.52. The van der Waals surface area contributed by atoms with E-state index in [-0.39, 0.29) is 5.75 Å². The van der Waals surface area contributed by atoms with Crippen LogP contribution in [0.3, 0.4) is 0 Å². The summed E-state index contributed by atoms with van der Waals surface area (Å²) in [6.07, 6.45) is 5.01. The van der Waals surface area contributed by atoms with Crippen LogP contribution in [0.25, 0.3) is 17.2 Å². The molecule has 4 heterocycles. The first kappa shape index (κ1) is 24.3. The minimum Gasteiger partial charge on any atom is -0.479 e. The van der Waals surface area contributed by atoms with Crippen LogP contribution in [0.1, 0.15) is 37.7 Å². The van der Waals surface area contributed by atoms with E-state index in [1.165, 1.54) is 13.2 Å². The second-order valence-electron chi connectivity index (χ2n) is 8.72. The van der Waals surface area contributed by atoms with E-state index in [1.54, 1.807) is 12.4 Å². The number of aryl methyl sites for hydroxylation is 1. The van der Waals surface area contributed by atoms with Gasteiger partial charge in [-0.25, -0.2) is 28.4 Å². The Morgan fingerprint density at radius 1 is 1.16 bits per heavy atom. The van der Waals surface area contributed by atoms with Crippen molar-refractivity contribution in [2.24, 2.45) is 0 Å². The van der Waals surface area contributed by atoms with Crippen LogP contribution < -0.4 is 9.62 Å². The number of carbonyl (C=O) groups excluding carboxylic acids is 1. The number of aromatic nitrogens is 6. The van der Waals surface area contributed by atoms with E-state index in [0.717, 1.165) is 17.8 Å². The molecule has 4 aromatic rings. The lowest BCUT2D eigenvalue weighted by Gasteiger charge is -2.32. The molecule has 0 spiro atoms. The molecule has 10 nitrogen and oxygen atoms in total. The molecule has 3 aromatic heterocycles. The van der Waals surface area contributed by atoms with Gasteiger partial charge in [0.2, 0.25) is 5.88 Å². The molecular formula is C25H24F2N6O4. The quantitative estimate of drug-likeness (QED) is 0.270. The fraction of sp³-hybridized carbons (Fsp3) is 0.320. The smallest absolute Gasteiger partial charge is 0.369 e. The number of hydrogen-bond acceptors (Lipinski definition) is 8. The van der Waals surface area contributed by atoms with Crippen molar-refractivity contribution >= 4 is 5.97 Å². The fourth-order valence-electron chi connectivity index (χ4n) is 4.53. The molecule has 12 heteroatoms. The Balaban J connectivity index is 1.45. The molecule has 1 unspecified atom stereocenters. The van der Waals surface area contributed by atoms with Crippen LogP contribution in [0.5, 0.6) is 11.6 Å². The van der Waals surface area contributed by atoms with Crippen molar-refractivity contribution in [1.82, 2.24) is 29.3 Å². The van der Waals surface area contributed by atoms with Crippen LogP contribution in [0.2, 0.25) is 0 Å². The highest BCUT2D eigenvalue weighted by molar-refractivity contribution is 5.82. The second kappa shape index (κ2) is 9.60. The molecule has 1 aliphatic heterocycles. The first-order chi connectivity index (χ1) is 17.9. The van der Waals surface area contributed by atoms with Crippen LogP contribution in [-0.2, 0) is 21.6 Å². The summed E-state index contributed by atoms with van der Waals surface area (Å²) in [5.74, 6) is -1.70. The highest BCUT2D eigenvalue weighted by Crippen LogP contribution is 2.39. The maximum atomic E-state index is 13.5. The van der Waals surface area contributed by atoms with Gasteiger partial charge in [-0.2, -0.15) is 0 Å². The molecule has 0 aliphatic carbocycles. The Kier molecular flexibility index (Phi) is 6.32. The summed E-state index contributed by atoms with van der Waals surface area (Å²) in [5.41, 5.74) is 0.954. The first-order valence-electron chi connectivity index (χ1n) is 11.7. The number of benzene rings is 1. The SMILES string of the molecule is CCC1(C(=O)OOc2ccc(F)c(F)c2)CCCn2c(-c3ccc(-n4cnc(C)c4)c(OC)n3)nnc21. The van der Waals surface area contributed by atoms with Gasteiger partial charge in [-0.15, -0.1) is 10.2 Å². The number of carbonyl (C=O) groups is 1. The van der Waals surface area contributed by atoms with Crippen LogP contribution in [0, 0.1) is 18.6 Å². The Bertz CT molecular complexity index is 1470. The van der Waals surface area contributed by atoms with Crippen LogP contribution in [0.15, 0.2) is 42.9 Å². The number of fused-ring (bicyclic) bond motifs is 1. The second-order valence-corrected chi connectivity index (χ2v) is 8.72. The van der Waals surface area contributed by atoms with Gasteiger partial charge >= 0.3 is 5.97 Å². The van der Waals surface area contributed by atoms with Gasteiger partial charge in [0, 0.05) is 18.8 Å². The van der Waals surface area contributed by atoms with E-state index in [2.05, 4.69) is 20.2 Å². The standard InChI is InChI=1S/C25H24F2N6O4/c1-4-25(24(34)37-36-16-6-7-17(26)18(27)12-16)10-5-11-33-21(30-31-23(25)33)19-8-9-20(22(29-19)35-3)32-13-15(2)28-14-32/h6-9,12-14H,4-5,10-11H2,1-3H3. The zero-order valence-corrected chi connectivity index (χ0v) is 20.4. The lowest BCUT2D eigenvalue weighted by atomic mass is 9.77. The highest BCUT2D eigenvalue weighted by atomic mass is 19.2. The largest absolute Gasteiger partial charge is 0.479 e. The average Bonchev–Trinajstić information content (AvgIpc) is 3.55. The summed E-state index contributed by atoms with van der Waals surface area (Å²) >= 11 is 0. The molecule has 0 bridgehead atoms. The number of rotatable bonds is 7. The van der Waals surface area contributed by atoms with Crippen LogP contribution >= 0.6 is 0 Å². The van der Waals surface area contributed by atoms with E-state index in [9.17, 15) is 13.6 Å². The summed E-state index contributed by atoms with van der Waals surface area (Å²) in [7, 11) is 1.53. The van der Waals surface area contributed by atoms with E-state index >= 15 is 0 Å².